The second-order valence-electron chi connectivity index (χ2n) is 9.76. The van der Waals surface area contributed by atoms with E-state index in [1.54, 1.807) is 30.3 Å². The van der Waals surface area contributed by atoms with E-state index in [9.17, 15) is 15.0 Å². The van der Waals surface area contributed by atoms with Crippen molar-refractivity contribution in [2.45, 2.75) is 19.9 Å². The summed E-state index contributed by atoms with van der Waals surface area (Å²) in [6.45, 7) is 5.20. The van der Waals surface area contributed by atoms with E-state index in [1.165, 1.54) is 0 Å². The molecule has 0 saturated heterocycles. The first kappa shape index (κ1) is 26.8. The number of hydrogen-bond donors (Lipinski definition) is 3. The van der Waals surface area contributed by atoms with Crippen LogP contribution in [0.15, 0.2) is 84.9 Å². The zero-order valence-corrected chi connectivity index (χ0v) is 22.2. The first-order valence-electron chi connectivity index (χ1n) is 12.6. The van der Waals surface area contributed by atoms with Gasteiger partial charge in [-0.25, -0.2) is 0 Å². The van der Waals surface area contributed by atoms with Crippen molar-refractivity contribution in [2.75, 3.05) is 27.2 Å². The summed E-state index contributed by atoms with van der Waals surface area (Å²) in [4.78, 5) is 15.4. The summed E-state index contributed by atoms with van der Waals surface area (Å²) in [5.74, 6) is 0.897. The van der Waals surface area contributed by atoms with Gasteiger partial charge in [0.05, 0.1) is 6.04 Å². The Hall–Kier alpha value is -4.29. The normalized spacial score (nSPS) is 11.8. The monoisotopic (exact) mass is 510 g/mol. The molecular formula is C32H34N2O4. The number of aromatic hydroxyl groups is 2. The minimum absolute atomic E-state index is 0.172. The predicted molar refractivity (Wildman–Crippen MR) is 152 cm³/mol. The largest absolute Gasteiger partial charge is 0.508 e. The highest BCUT2D eigenvalue weighted by molar-refractivity contribution is 5.96. The summed E-state index contributed by atoms with van der Waals surface area (Å²) in [7, 11) is 3.98. The van der Waals surface area contributed by atoms with Crippen LogP contribution in [-0.4, -0.2) is 48.3 Å². The van der Waals surface area contributed by atoms with Gasteiger partial charge in [0.1, 0.15) is 23.9 Å². The number of nitrogens with zero attached hydrogens (tertiary/aromatic N) is 1. The second-order valence-corrected chi connectivity index (χ2v) is 9.76. The lowest BCUT2D eigenvalue weighted by Crippen LogP contribution is -2.27. The van der Waals surface area contributed by atoms with Gasteiger partial charge < -0.3 is 25.2 Å². The topological polar surface area (TPSA) is 82.0 Å². The summed E-state index contributed by atoms with van der Waals surface area (Å²) in [5, 5.41) is 22.6. The van der Waals surface area contributed by atoms with Gasteiger partial charge in [0.15, 0.2) is 0 Å². The molecule has 0 aliphatic carbocycles. The molecule has 0 aliphatic rings. The van der Waals surface area contributed by atoms with Crippen LogP contribution in [0.5, 0.6) is 17.2 Å². The molecule has 0 fully saturated rings. The number of rotatable bonds is 9. The summed E-state index contributed by atoms with van der Waals surface area (Å²) in [6, 6.07) is 25.5. The lowest BCUT2D eigenvalue weighted by Gasteiger charge is -2.19. The van der Waals surface area contributed by atoms with E-state index >= 15 is 0 Å². The maximum Gasteiger partial charge on any atom is 0.252 e. The van der Waals surface area contributed by atoms with Crippen molar-refractivity contribution in [2.24, 2.45) is 0 Å². The number of carbonyl (C=O) groups is 1. The number of amides is 1. The molecule has 1 atom stereocenters. The van der Waals surface area contributed by atoms with Gasteiger partial charge in [-0.05, 0) is 116 Å². The molecule has 3 N–H and O–H groups in total. The Morgan fingerprint density at radius 1 is 0.816 bits per heavy atom. The minimum Gasteiger partial charge on any atom is -0.508 e. The first-order chi connectivity index (χ1) is 18.2. The third kappa shape index (κ3) is 6.72. The summed E-state index contributed by atoms with van der Waals surface area (Å²) < 4.78 is 5.84. The molecular weight excluding hydrogens is 476 g/mol. The lowest BCUT2D eigenvalue weighted by atomic mass is 9.93. The molecule has 1 amide bonds. The van der Waals surface area contributed by atoms with Gasteiger partial charge >= 0.3 is 0 Å². The van der Waals surface area contributed by atoms with Crippen LogP contribution in [0.4, 0.5) is 0 Å². The van der Waals surface area contributed by atoms with E-state index in [1.807, 2.05) is 69.2 Å². The Labute approximate surface area is 224 Å². The number of carbonyl (C=O) groups excluding carboxylic acids is 1. The average molecular weight is 511 g/mol. The summed E-state index contributed by atoms with van der Waals surface area (Å²) in [6.07, 6.45) is 0. The number of likely N-dealkylation sites (N-methyl/N-ethyl adjacent to an activating group) is 1. The fourth-order valence-corrected chi connectivity index (χ4v) is 4.18. The highest BCUT2D eigenvalue weighted by Crippen LogP contribution is 2.32. The molecule has 0 bridgehead atoms. The van der Waals surface area contributed by atoms with Crippen molar-refractivity contribution in [1.29, 1.82) is 0 Å². The number of hydrogen-bond acceptors (Lipinski definition) is 5. The molecule has 0 radical (unpaired) electrons. The Balaban J connectivity index is 1.62. The lowest BCUT2D eigenvalue weighted by molar-refractivity contribution is 0.0938. The van der Waals surface area contributed by atoms with Crippen molar-refractivity contribution < 1.29 is 19.7 Å². The van der Waals surface area contributed by atoms with Gasteiger partial charge in [0, 0.05) is 12.1 Å². The number of nitrogens with one attached hydrogen (secondary N) is 1. The maximum atomic E-state index is 13.3. The van der Waals surface area contributed by atoms with Crippen LogP contribution >= 0.6 is 0 Å². The molecule has 38 heavy (non-hydrogen) atoms. The molecule has 4 rings (SSSR count). The Morgan fingerprint density at radius 3 is 1.89 bits per heavy atom. The van der Waals surface area contributed by atoms with E-state index < -0.39 is 0 Å². The van der Waals surface area contributed by atoms with Gasteiger partial charge in [-0.15, -0.1) is 0 Å². The molecule has 0 heterocycles. The number of ether oxygens (including phenoxy) is 1. The molecule has 4 aromatic rings. The fourth-order valence-electron chi connectivity index (χ4n) is 4.18. The molecule has 0 spiro atoms. The van der Waals surface area contributed by atoms with Gasteiger partial charge in [-0.2, -0.15) is 0 Å². The highest BCUT2D eigenvalue weighted by Gasteiger charge is 2.17. The first-order valence-corrected chi connectivity index (χ1v) is 12.6. The third-order valence-electron chi connectivity index (χ3n) is 6.47. The quantitative estimate of drug-likeness (QED) is 0.251. The average Bonchev–Trinajstić information content (AvgIpc) is 2.90. The molecule has 6 heteroatoms. The maximum absolute atomic E-state index is 13.3. The summed E-state index contributed by atoms with van der Waals surface area (Å²) in [5.41, 5.74) is 6.19. The number of benzene rings is 4. The zero-order chi connectivity index (χ0) is 27.2. The van der Waals surface area contributed by atoms with Crippen molar-refractivity contribution in [3.63, 3.8) is 0 Å². The number of phenolic OH excluding ortho intramolecular Hbond substituents is 2. The van der Waals surface area contributed by atoms with Crippen LogP contribution in [0, 0.1) is 6.92 Å². The van der Waals surface area contributed by atoms with Gasteiger partial charge in [0.25, 0.3) is 5.91 Å². The molecule has 4 aromatic carbocycles. The van der Waals surface area contributed by atoms with Crippen LogP contribution < -0.4 is 10.1 Å². The third-order valence-corrected chi connectivity index (χ3v) is 6.47. The van der Waals surface area contributed by atoms with Crippen LogP contribution in [0.25, 0.3) is 22.3 Å². The molecule has 196 valence electrons. The van der Waals surface area contributed by atoms with Crippen molar-refractivity contribution in [3.05, 3.63) is 102 Å². The zero-order valence-electron chi connectivity index (χ0n) is 22.2. The van der Waals surface area contributed by atoms with E-state index in [0.29, 0.717) is 17.9 Å². The smallest absolute Gasteiger partial charge is 0.252 e. The standard InChI is InChI=1S/C32H34N2O4/c1-21-5-14-30(38-16-15-34(3)4)20-31(21)32(37)33-22(2)25-17-26(23-6-10-28(35)11-7-23)19-27(18-25)24-8-12-29(36)13-9-24/h5-14,17-20,22,35-36H,15-16H2,1-4H3,(H,33,37)/t22-/m1/s1. The molecule has 0 aliphatic heterocycles. The number of phenols is 2. The minimum atomic E-state index is -0.284. The molecule has 0 aromatic heterocycles. The highest BCUT2D eigenvalue weighted by atomic mass is 16.5. The van der Waals surface area contributed by atoms with Gasteiger partial charge in [-0.3, -0.25) is 4.79 Å². The Bertz CT molecular complexity index is 1330. The van der Waals surface area contributed by atoms with Crippen molar-refractivity contribution in [1.82, 2.24) is 10.2 Å². The van der Waals surface area contributed by atoms with Crippen molar-refractivity contribution in [3.8, 4) is 39.5 Å². The van der Waals surface area contributed by atoms with Gasteiger partial charge in [0.2, 0.25) is 0 Å². The fraction of sp³-hybridized carbons (Fsp3) is 0.219. The van der Waals surface area contributed by atoms with E-state index in [0.717, 1.165) is 39.9 Å². The van der Waals surface area contributed by atoms with E-state index in [2.05, 4.69) is 23.5 Å². The Morgan fingerprint density at radius 2 is 1.37 bits per heavy atom. The second kappa shape index (κ2) is 11.8. The SMILES string of the molecule is Cc1ccc(OCCN(C)C)cc1C(=O)N[C@H](C)c1cc(-c2ccc(O)cc2)cc(-c2ccc(O)cc2)c1. The van der Waals surface area contributed by atoms with E-state index in [4.69, 9.17) is 4.74 Å². The van der Waals surface area contributed by atoms with Crippen LogP contribution in [0.2, 0.25) is 0 Å². The van der Waals surface area contributed by atoms with Crippen LogP contribution in [0.1, 0.15) is 34.5 Å². The van der Waals surface area contributed by atoms with Gasteiger partial charge in [-0.1, -0.05) is 30.3 Å². The van der Waals surface area contributed by atoms with Crippen LogP contribution in [-0.2, 0) is 0 Å². The Kier molecular flexibility index (Phi) is 8.34. The van der Waals surface area contributed by atoms with E-state index in [-0.39, 0.29) is 23.4 Å². The molecule has 0 unspecified atom stereocenters. The predicted octanol–water partition coefficient (Wildman–Crippen LogP) is 6.17. The van der Waals surface area contributed by atoms with Crippen molar-refractivity contribution >= 4 is 5.91 Å². The van der Waals surface area contributed by atoms with Crippen LogP contribution in [0.3, 0.4) is 0 Å². The summed E-state index contributed by atoms with van der Waals surface area (Å²) >= 11 is 0. The molecule has 6 nitrogen and oxygen atoms in total. The number of aryl methyl sites for hydroxylation is 1. The molecule has 0 saturated carbocycles.